The van der Waals surface area contributed by atoms with Crippen LogP contribution in [0.4, 0.5) is 0 Å². The van der Waals surface area contributed by atoms with Crippen LogP contribution in [0.5, 0.6) is 0 Å². The minimum atomic E-state index is 0.227. The number of benzene rings is 1. The lowest BCUT2D eigenvalue weighted by Crippen LogP contribution is -1.93. The van der Waals surface area contributed by atoms with Crippen LogP contribution in [-0.2, 0) is 6.54 Å². The minimum absolute atomic E-state index is 0.227. The molecular formula is C11H7Cl2N3. The summed E-state index contributed by atoms with van der Waals surface area (Å²) in [6, 6.07) is 7.30. The third-order valence-corrected chi connectivity index (χ3v) is 2.66. The molecule has 3 nitrogen and oxygen atoms in total. The van der Waals surface area contributed by atoms with Crippen LogP contribution in [0.1, 0.15) is 0 Å². The maximum atomic E-state index is 8.54. The molecule has 0 aliphatic rings. The predicted molar refractivity (Wildman–Crippen MR) is 63.3 cm³/mol. The van der Waals surface area contributed by atoms with Crippen molar-refractivity contribution in [2.75, 3.05) is 0 Å². The van der Waals surface area contributed by atoms with Gasteiger partial charge in [0, 0.05) is 27.4 Å². The van der Waals surface area contributed by atoms with Crippen LogP contribution < -0.4 is 0 Å². The van der Waals surface area contributed by atoms with Gasteiger partial charge in [-0.05, 0) is 12.1 Å². The van der Waals surface area contributed by atoms with Gasteiger partial charge in [-0.25, -0.2) is 0 Å². The fraction of sp³-hybridized carbons (Fsp3) is 0.0909. The SMILES string of the molecule is N#CCn1cc(-c2ccc(Cl)cc2Cl)cn1. The fourth-order valence-electron chi connectivity index (χ4n) is 1.39. The summed E-state index contributed by atoms with van der Waals surface area (Å²) in [5.74, 6) is 0. The number of nitrogens with zero attached hydrogens (tertiary/aromatic N) is 3. The summed E-state index contributed by atoms with van der Waals surface area (Å²) in [7, 11) is 0. The number of rotatable bonds is 2. The van der Waals surface area contributed by atoms with Crippen molar-refractivity contribution in [1.29, 1.82) is 5.26 Å². The van der Waals surface area contributed by atoms with Crippen molar-refractivity contribution < 1.29 is 0 Å². The Kier molecular flexibility index (Phi) is 3.14. The lowest BCUT2D eigenvalue weighted by atomic mass is 10.1. The van der Waals surface area contributed by atoms with Crippen molar-refractivity contribution in [3.8, 4) is 17.2 Å². The average Bonchev–Trinajstić information content (AvgIpc) is 2.67. The normalized spacial score (nSPS) is 10.1. The van der Waals surface area contributed by atoms with Crippen LogP contribution >= 0.6 is 23.2 Å². The van der Waals surface area contributed by atoms with Crippen LogP contribution in [0.3, 0.4) is 0 Å². The number of nitriles is 1. The highest BCUT2D eigenvalue weighted by Gasteiger charge is 2.06. The number of hydrogen-bond acceptors (Lipinski definition) is 2. The Hall–Kier alpha value is -1.50. The third-order valence-electron chi connectivity index (χ3n) is 2.11. The van der Waals surface area contributed by atoms with Gasteiger partial charge < -0.3 is 0 Å². The van der Waals surface area contributed by atoms with Crippen molar-refractivity contribution in [2.24, 2.45) is 0 Å². The smallest absolute Gasteiger partial charge is 0.128 e. The van der Waals surface area contributed by atoms with Crippen molar-refractivity contribution in [3.05, 3.63) is 40.6 Å². The van der Waals surface area contributed by atoms with Gasteiger partial charge >= 0.3 is 0 Å². The van der Waals surface area contributed by atoms with E-state index in [2.05, 4.69) is 5.10 Å². The standard InChI is InChI=1S/C11H7Cl2N3/c12-9-1-2-10(11(13)5-9)8-6-15-16(7-8)4-3-14/h1-2,5-7H,4H2. The molecule has 0 aliphatic heterocycles. The summed E-state index contributed by atoms with van der Waals surface area (Å²) in [6.07, 6.45) is 3.45. The molecule has 2 aromatic rings. The van der Waals surface area contributed by atoms with Crippen LogP contribution in [0.2, 0.25) is 10.0 Å². The van der Waals surface area contributed by atoms with Crippen LogP contribution in [0.15, 0.2) is 30.6 Å². The van der Waals surface area contributed by atoms with Gasteiger partial charge in [0.1, 0.15) is 6.54 Å². The first-order valence-corrected chi connectivity index (χ1v) is 5.31. The number of hydrogen-bond donors (Lipinski definition) is 0. The molecule has 0 aliphatic carbocycles. The molecule has 16 heavy (non-hydrogen) atoms. The van der Waals surface area contributed by atoms with E-state index in [0.717, 1.165) is 11.1 Å². The molecule has 0 radical (unpaired) electrons. The number of aromatic nitrogens is 2. The molecule has 1 aromatic carbocycles. The molecule has 0 N–H and O–H groups in total. The Balaban J connectivity index is 2.39. The molecule has 5 heteroatoms. The van der Waals surface area contributed by atoms with Gasteiger partial charge in [0.15, 0.2) is 0 Å². The molecule has 2 rings (SSSR count). The zero-order valence-corrected chi connectivity index (χ0v) is 9.70. The fourth-order valence-corrected chi connectivity index (χ4v) is 1.90. The predicted octanol–water partition coefficient (Wildman–Crippen LogP) is 3.38. The Morgan fingerprint density at radius 3 is 2.88 bits per heavy atom. The van der Waals surface area contributed by atoms with E-state index in [1.165, 1.54) is 0 Å². The van der Waals surface area contributed by atoms with Crippen molar-refractivity contribution >= 4 is 23.2 Å². The molecule has 0 fully saturated rings. The van der Waals surface area contributed by atoms with Crippen LogP contribution in [0.25, 0.3) is 11.1 Å². The highest BCUT2D eigenvalue weighted by Crippen LogP contribution is 2.29. The first-order valence-electron chi connectivity index (χ1n) is 4.55. The largest absolute Gasteiger partial charge is 0.258 e. The lowest BCUT2D eigenvalue weighted by Gasteiger charge is -2.00. The van der Waals surface area contributed by atoms with Crippen LogP contribution in [-0.4, -0.2) is 9.78 Å². The van der Waals surface area contributed by atoms with Crippen molar-refractivity contribution in [2.45, 2.75) is 6.54 Å². The van der Waals surface area contributed by atoms with E-state index in [1.807, 2.05) is 12.1 Å². The van der Waals surface area contributed by atoms with Gasteiger partial charge in [-0.3, -0.25) is 4.68 Å². The van der Waals surface area contributed by atoms with Crippen LogP contribution in [0, 0.1) is 11.3 Å². The Labute approximate surface area is 103 Å². The summed E-state index contributed by atoms with van der Waals surface area (Å²) in [6.45, 7) is 0.227. The molecule has 1 aromatic heterocycles. The van der Waals surface area contributed by atoms with E-state index >= 15 is 0 Å². The van der Waals surface area contributed by atoms with E-state index in [4.69, 9.17) is 28.5 Å². The van der Waals surface area contributed by atoms with Crippen molar-refractivity contribution in [3.63, 3.8) is 0 Å². The van der Waals surface area contributed by atoms with Gasteiger partial charge in [0.05, 0.1) is 12.3 Å². The summed E-state index contributed by atoms with van der Waals surface area (Å²) in [5, 5.41) is 13.8. The second-order valence-electron chi connectivity index (χ2n) is 3.21. The molecule has 0 atom stereocenters. The molecular weight excluding hydrogens is 245 g/mol. The van der Waals surface area contributed by atoms with Crippen molar-refractivity contribution in [1.82, 2.24) is 9.78 Å². The Bertz CT molecular complexity index is 555. The maximum absolute atomic E-state index is 8.54. The Morgan fingerprint density at radius 1 is 1.38 bits per heavy atom. The molecule has 0 bridgehead atoms. The van der Waals surface area contributed by atoms with E-state index in [1.54, 1.807) is 29.2 Å². The summed E-state index contributed by atoms with van der Waals surface area (Å²) >= 11 is 11.9. The first-order chi connectivity index (χ1) is 7.70. The maximum Gasteiger partial charge on any atom is 0.128 e. The molecule has 80 valence electrons. The zero-order chi connectivity index (χ0) is 11.5. The van der Waals surface area contributed by atoms with Gasteiger partial charge in [-0.15, -0.1) is 0 Å². The first kappa shape index (κ1) is 11.0. The quantitative estimate of drug-likeness (QED) is 0.822. The monoisotopic (exact) mass is 251 g/mol. The summed E-state index contributed by atoms with van der Waals surface area (Å²) in [4.78, 5) is 0. The molecule has 0 saturated heterocycles. The molecule has 0 unspecified atom stereocenters. The topological polar surface area (TPSA) is 41.6 Å². The average molecular weight is 252 g/mol. The molecule has 0 saturated carbocycles. The van der Waals surface area contributed by atoms with E-state index < -0.39 is 0 Å². The van der Waals surface area contributed by atoms with E-state index in [0.29, 0.717) is 10.0 Å². The lowest BCUT2D eigenvalue weighted by molar-refractivity contribution is 0.710. The van der Waals surface area contributed by atoms with Gasteiger partial charge in [-0.2, -0.15) is 10.4 Å². The Morgan fingerprint density at radius 2 is 2.19 bits per heavy atom. The van der Waals surface area contributed by atoms with E-state index in [9.17, 15) is 0 Å². The number of halogens is 2. The van der Waals surface area contributed by atoms with Gasteiger partial charge in [0.2, 0.25) is 0 Å². The third kappa shape index (κ3) is 2.19. The van der Waals surface area contributed by atoms with Gasteiger partial charge in [0.25, 0.3) is 0 Å². The molecule has 0 amide bonds. The molecule has 1 heterocycles. The summed E-state index contributed by atoms with van der Waals surface area (Å²) in [5.41, 5.74) is 1.73. The highest BCUT2D eigenvalue weighted by atomic mass is 35.5. The minimum Gasteiger partial charge on any atom is -0.258 e. The second kappa shape index (κ2) is 4.56. The zero-order valence-electron chi connectivity index (χ0n) is 8.19. The van der Waals surface area contributed by atoms with E-state index in [-0.39, 0.29) is 6.54 Å². The second-order valence-corrected chi connectivity index (χ2v) is 4.05. The summed E-state index contributed by atoms with van der Waals surface area (Å²) < 4.78 is 1.56. The van der Waals surface area contributed by atoms with Gasteiger partial charge in [-0.1, -0.05) is 29.3 Å². The highest BCUT2D eigenvalue weighted by molar-refractivity contribution is 6.36. The molecule has 0 spiro atoms.